The van der Waals surface area contributed by atoms with Crippen molar-refractivity contribution in [3.8, 4) is 0 Å². The summed E-state index contributed by atoms with van der Waals surface area (Å²) in [5, 5.41) is 0.328. The molecular formula is C12H14ClFOS. The van der Waals surface area contributed by atoms with E-state index in [0.717, 1.165) is 12.2 Å². The second kappa shape index (κ2) is 6.92. The predicted octanol–water partition coefficient (Wildman–Crippen LogP) is 3.73. The first-order valence-electron chi connectivity index (χ1n) is 5.17. The number of hydrogen-bond donors (Lipinski definition) is 0. The molecule has 0 saturated heterocycles. The summed E-state index contributed by atoms with van der Waals surface area (Å²) in [6, 6.07) is 4.14. The lowest BCUT2D eigenvalue weighted by atomic mass is 10.1. The minimum Gasteiger partial charge on any atom is -0.298 e. The number of thioether (sulfide) groups is 1. The number of Topliss-reactive ketones (excluding diaryl/α,β-unsaturated/α-hetero) is 1. The lowest BCUT2D eigenvalue weighted by Gasteiger charge is -2.03. The number of benzene rings is 1. The lowest BCUT2D eigenvalue weighted by Crippen LogP contribution is -2.06. The molecule has 0 unspecified atom stereocenters. The first kappa shape index (κ1) is 13.5. The minimum atomic E-state index is -0.374. The second-order valence-electron chi connectivity index (χ2n) is 3.50. The highest BCUT2D eigenvalue weighted by Gasteiger charge is 2.07. The molecule has 0 N–H and O–H groups in total. The van der Waals surface area contributed by atoms with E-state index in [1.807, 2.05) is 0 Å². The molecule has 0 aliphatic rings. The Kier molecular flexibility index (Phi) is 5.85. The van der Waals surface area contributed by atoms with Crippen LogP contribution >= 0.6 is 23.4 Å². The molecule has 1 rings (SSSR count). The summed E-state index contributed by atoms with van der Waals surface area (Å²) >= 11 is 7.46. The number of halogens is 2. The van der Waals surface area contributed by atoms with E-state index in [0.29, 0.717) is 16.3 Å². The van der Waals surface area contributed by atoms with Gasteiger partial charge in [-0.25, -0.2) is 4.39 Å². The van der Waals surface area contributed by atoms with Gasteiger partial charge in [-0.15, -0.1) is 0 Å². The van der Waals surface area contributed by atoms with E-state index in [2.05, 4.69) is 6.92 Å². The molecule has 0 fully saturated rings. The second-order valence-corrected chi connectivity index (χ2v) is 5.02. The Bertz CT molecular complexity index is 368. The van der Waals surface area contributed by atoms with Crippen molar-refractivity contribution in [2.45, 2.75) is 19.8 Å². The Morgan fingerprint density at radius 3 is 2.88 bits per heavy atom. The van der Waals surface area contributed by atoms with E-state index in [9.17, 15) is 9.18 Å². The molecule has 0 radical (unpaired) electrons. The molecule has 0 aliphatic carbocycles. The Hall–Kier alpha value is -0.540. The highest BCUT2D eigenvalue weighted by Crippen LogP contribution is 2.18. The topological polar surface area (TPSA) is 17.1 Å². The van der Waals surface area contributed by atoms with E-state index in [1.165, 1.54) is 12.1 Å². The maximum Gasteiger partial charge on any atom is 0.147 e. The van der Waals surface area contributed by atoms with Gasteiger partial charge in [0.15, 0.2) is 0 Å². The van der Waals surface area contributed by atoms with Gasteiger partial charge in [0.05, 0.1) is 5.75 Å². The van der Waals surface area contributed by atoms with Gasteiger partial charge in [0.25, 0.3) is 0 Å². The molecule has 0 atom stereocenters. The van der Waals surface area contributed by atoms with Crippen LogP contribution < -0.4 is 0 Å². The standard InChI is InChI=1S/C12H14ClFOS/c1-2-5-16-8-11(15)6-9-3-4-10(14)7-12(9)13/h3-4,7H,2,5-6,8H2,1H3. The summed E-state index contributed by atoms with van der Waals surface area (Å²) in [4.78, 5) is 11.6. The van der Waals surface area contributed by atoms with Crippen molar-refractivity contribution in [3.05, 3.63) is 34.6 Å². The van der Waals surface area contributed by atoms with E-state index in [-0.39, 0.29) is 18.0 Å². The molecule has 0 heterocycles. The number of hydrogen-bond acceptors (Lipinski definition) is 2. The van der Waals surface area contributed by atoms with Gasteiger partial charge >= 0.3 is 0 Å². The van der Waals surface area contributed by atoms with Gasteiger partial charge in [-0.1, -0.05) is 24.6 Å². The molecule has 0 aliphatic heterocycles. The normalized spacial score (nSPS) is 10.4. The summed E-state index contributed by atoms with van der Waals surface area (Å²) in [6.45, 7) is 2.08. The van der Waals surface area contributed by atoms with Gasteiger partial charge in [0.2, 0.25) is 0 Å². The Balaban J connectivity index is 2.49. The van der Waals surface area contributed by atoms with Crippen molar-refractivity contribution >= 4 is 29.1 Å². The van der Waals surface area contributed by atoms with Crippen LogP contribution in [0.25, 0.3) is 0 Å². The molecule has 1 nitrogen and oxygen atoms in total. The third-order valence-electron chi connectivity index (χ3n) is 2.01. The van der Waals surface area contributed by atoms with Crippen LogP contribution in [0.1, 0.15) is 18.9 Å². The van der Waals surface area contributed by atoms with Crippen molar-refractivity contribution in [3.63, 3.8) is 0 Å². The fourth-order valence-electron chi connectivity index (χ4n) is 1.26. The Morgan fingerprint density at radius 2 is 2.25 bits per heavy atom. The van der Waals surface area contributed by atoms with Gasteiger partial charge in [0, 0.05) is 11.4 Å². The van der Waals surface area contributed by atoms with Crippen LogP contribution in [0.15, 0.2) is 18.2 Å². The molecule has 0 bridgehead atoms. The number of rotatable bonds is 6. The smallest absolute Gasteiger partial charge is 0.147 e. The molecule has 1 aromatic carbocycles. The van der Waals surface area contributed by atoms with Gasteiger partial charge in [-0.3, -0.25) is 4.79 Å². The van der Waals surface area contributed by atoms with Gasteiger partial charge in [0.1, 0.15) is 11.6 Å². The summed E-state index contributed by atoms with van der Waals surface area (Å²) in [6.07, 6.45) is 1.35. The first-order chi connectivity index (χ1) is 7.63. The van der Waals surface area contributed by atoms with Crippen LogP contribution in [-0.4, -0.2) is 17.3 Å². The summed E-state index contributed by atoms with van der Waals surface area (Å²) < 4.78 is 12.8. The molecule has 4 heteroatoms. The molecule has 0 saturated carbocycles. The third-order valence-corrected chi connectivity index (χ3v) is 3.59. The summed E-state index contributed by atoms with van der Waals surface area (Å²) in [5.41, 5.74) is 0.699. The maximum atomic E-state index is 12.8. The van der Waals surface area contributed by atoms with Crippen molar-refractivity contribution in [1.29, 1.82) is 0 Å². The fraction of sp³-hybridized carbons (Fsp3) is 0.417. The molecular weight excluding hydrogens is 247 g/mol. The first-order valence-corrected chi connectivity index (χ1v) is 6.70. The van der Waals surface area contributed by atoms with Crippen molar-refractivity contribution < 1.29 is 9.18 Å². The fourth-order valence-corrected chi connectivity index (χ4v) is 2.26. The third kappa shape index (κ3) is 4.54. The van der Waals surface area contributed by atoms with Crippen LogP contribution in [0.5, 0.6) is 0 Å². The Morgan fingerprint density at radius 1 is 1.50 bits per heavy atom. The van der Waals surface area contributed by atoms with Crippen molar-refractivity contribution in [2.24, 2.45) is 0 Å². The maximum absolute atomic E-state index is 12.8. The molecule has 1 aromatic rings. The molecule has 0 spiro atoms. The van der Waals surface area contributed by atoms with Crippen LogP contribution in [0.4, 0.5) is 4.39 Å². The van der Waals surface area contributed by atoms with Crippen LogP contribution in [0.3, 0.4) is 0 Å². The molecule has 0 aromatic heterocycles. The highest BCUT2D eigenvalue weighted by atomic mass is 35.5. The van der Waals surface area contributed by atoms with Gasteiger partial charge in [-0.2, -0.15) is 11.8 Å². The Labute approximate surface area is 104 Å². The van der Waals surface area contributed by atoms with E-state index < -0.39 is 0 Å². The summed E-state index contributed by atoms with van der Waals surface area (Å²) in [7, 11) is 0. The minimum absolute atomic E-state index is 0.131. The number of ketones is 1. The molecule has 0 amide bonds. The summed E-state index contributed by atoms with van der Waals surface area (Å²) in [5.74, 6) is 1.25. The zero-order chi connectivity index (χ0) is 12.0. The number of carbonyl (C=O) groups excluding carboxylic acids is 1. The van der Waals surface area contributed by atoms with E-state index in [1.54, 1.807) is 17.8 Å². The van der Waals surface area contributed by atoms with Crippen LogP contribution in [-0.2, 0) is 11.2 Å². The molecule has 16 heavy (non-hydrogen) atoms. The average Bonchev–Trinajstić information content (AvgIpc) is 2.23. The van der Waals surface area contributed by atoms with Crippen LogP contribution in [0, 0.1) is 5.82 Å². The van der Waals surface area contributed by atoms with Crippen molar-refractivity contribution in [1.82, 2.24) is 0 Å². The van der Waals surface area contributed by atoms with Crippen LogP contribution in [0.2, 0.25) is 5.02 Å². The highest BCUT2D eigenvalue weighted by molar-refractivity contribution is 7.99. The van der Waals surface area contributed by atoms with E-state index >= 15 is 0 Å². The van der Waals surface area contributed by atoms with E-state index in [4.69, 9.17) is 11.6 Å². The largest absolute Gasteiger partial charge is 0.298 e. The number of carbonyl (C=O) groups is 1. The quantitative estimate of drug-likeness (QED) is 0.725. The lowest BCUT2D eigenvalue weighted by molar-refractivity contribution is -0.116. The van der Waals surface area contributed by atoms with Gasteiger partial charge in [-0.05, 0) is 29.9 Å². The zero-order valence-corrected chi connectivity index (χ0v) is 10.7. The SMILES string of the molecule is CCCSCC(=O)Cc1ccc(F)cc1Cl. The molecule has 88 valence electrons. The predicted molar refractivity (Wildman–Crippen MR) is 67.7 cm³/mol. The zero-order valence-electron chi connectivity index (χ0n) is 9.13. The average molecular weight is 261 g/mol. The van der Waals surface area contributed by atoms with Crippen molar-refractivity contribution in [2.75, 3.05) is 11.5 Å². The van der Waals surface area contributed by atoms with Gasteiger partial charge < -0.3 is 0 Å². The monoisotopic (exact) mass is 260 g/mol.